The van der Waals surface area contributed by atoms with E-state index < -0.39 is 46.3 Å². The van der Waals surface area contributed by atoms with Crippen molar-refractivity contribution in [3.05, 3.63) is 64.5 Å². The maximum absolute atomic E-state index is 14.1. The second-order valence-corrected chi connectivity index (χ2v) is 6.42. The van der Waals surface area contributed by atoms with Gasteiger partial charge in [0.25, 0.3) is 5.91 Å². The molecule has 0 N–H and O–H groups in total. The summed E-state index contributed by atoms with van der Waals surface area (Å²) < 4.78 is 93.7. The van der Waals surface area contributed by atoms with Crippen molar-refractivity contribution in [2.75, 3.05) is 0 Å². The number of amides is 1. The number of hydrogen-bond donors (Lipinski definition) is 0. The fourth-order valence-corrected chi connectivity index (χ4v) is 2.69. The van der Waals surface area contributed by atoms with Gasteiger partial charge in [-0.3, -0.25) is 4.79 Å². The van der Waals surface area contributed by atoms with Crippen LogP contribution in [-0.4, -0.2) is 10.5 Å². The number of carbonyl (C=O) groups excluding carboxylic acids is 1. The second kappa shape index (κ2) is 7.06. The zero-order valence-electron chi connectivity index (χ0n) is 14.1. The molecule has 1 saturated carbocycles. The highest BCUT2D eigenvalue weighted by Gasteiger charge is 2.37. The van der Waals surface area contributed by atoms with Gasteiger partial charge in [0.2, 0.25) is 0 Å². The molecule has 0 radical (unpaired) electrons. The Morgan fingerprint density at radius 3 is 2.18 bits per heavy atom. The Bertz CT molecular complexity index is 969. The minimum absolute atomic E-state index is 0.128. The highest BCUT2D eigenvalue weighted by molar-refractivity contribution is 5.95. The topological polar surface area (TPSA) is 34.4 Å². The van der Waals surface area contributed by atoms with Gasteiger partial charge in [0, 0.05) is 12.7 Å². The van der Waals surface area contributed by atoms with E-state index in [2.05, 4.69) is 4.99 Å². The Labute approximate surface area is 154 Å². The summed E-state index contributed by atoms with van der Waals surface area (Å²) in [5.74, 6) is -3.27. The predicted molar refractivity (Wildman–Crippen MR) is 83.5 cm³/mol. The molecule has 1 amide bonds. The van der Waals surface area contributed by atoms with Crippen LogP contribution in [-0.2, 0) is 18.9 Å². The van der Waals surface area contributed by atoms with Gasteiger partial charge >= 0.3 is 12.4 Å². The monoisotopic (exact) mass is 406 g/mol. The van der Waals surface area contributed by atoms with Crippen molar-refractivity contribution < 1.29 is 35.5 Å². The molecule has 1 heterocycles. The fourth-order valence-electron chi connectivity index (χ4n) is 2.69. The van der Waals surface area contributed by atoms with Crippen LogP contribution in [0.3, 0.4) is 0 Å². The third kappa shape index (κ3) is 4.26. The summed E-state index contributed by atoms with van der Waals surface area (Å²) in [6.45, 7) is 0.168. The lowest BCUT2D eigenvalue weighted by molar-refractivity contribution is -0.140. The highest BCUT2D eigenvalue weighted by Crippen LogP contribution is 2.33. The molecule has 0 aliphatic heterocycles. The lowest BCUT2D eigenvalue weighted by Gasteiger charge is -2.13. The molecule has 1 aliphatic rings. The van der Waals surface area contributed by atoms with E-state index in [-0.39, 0.29) is 12.5 Å². The number of alkyl halides is 6. The summed E-state index contributed by atoms with van der Waals surface area (Å²) in [6, 6.07) is 3.82. The molecule has 0 bridgehead atoms. The first-order chi connectivity index (χ1) is 13.0. The number of halogens is 7. The van der Waals surface area contributed by atoms with Gasteiger partial charge in [0.05, 0.1) is 16.7 Å². The molecule has 0 saturated heterocycles. The van der Waals surface area contributed by atoms with E-state index in [1.54, 1.807) is 0 Å². The first-order valence-electron chi connectivity index (χ1n) is 8.20. The summed E-state index contributed by atoms with van der Waals surface area (Å²) in [5.41, 5.74) is -4.73. The molecule has 3 rings (SSSR count). The van der Waals surface area contributed by atoms with Crippen LogP contribution in [0.25, 0.3) is 0 Å². The van der Waals surface area contributed by atoms with Gasteiger partial charge in [-0.15, -0.1) is 0 Å². The first-order valence-corrected chi connectivity index (χ1v) is 8.20. The Hall–Kier alpha value is -2.65. The Balaban J connectivity index is 2.14. The SMILES string of the molecule is O=C(/N=c1\c(C(F)(F)F)cccn1CC1CC1)c1cccc(C(F)(F)F)c1F. The molecule has 1 aromatic heterocycles. The number of benzene rings is 1. The number of carbonyl (C=O) groups is 1. The third-order valence-electron chi connectivity index (χ3n) is 4.24. The van der Waals surface area contributed by atoms with Crippen molar-refractivity contribution in [2.24, 2.45) is 10.9 Å². The van der Waals surface area contributed by atoms with Crippen LogP contribution >= 0.6 is 0 Å². The Kier molecular flexibility index (Phi) is 5.07. The predicted octanol–water partition coefficient (Wildman–Crippen LogP) is 4.82. The molecule has 1 aromatic carbocycles. The minimum atomic E-state index is -5.06. The molecule has 28 heavy (non-hydrogen) atoms. The standard InChI is InChI=1S/C18H13F7N2O/c19-14-11(3-1-4-12(14)17(20,21)22)16(28)26-15-13(18(23,24)25)5-2-8-27(15)9-10-6-7-10/h1-5,8,10H,6-7,9H2/b26-15+. The smallest absolute Gasteiger partial charge is 0.332 e. The van der Waals surface area contributed by atoms with Crippen LogP contribution in [0.1, 0.15) is 34.3 Å². The maximum atomic E-state index is 14.1. The normalized spacial score (nSPS) is 15.8. The summed E-state index contributed by atoms with van der Waals surface area (Å²) in [6.07, 6.45) is -7.01. The van der Waals surface area contributed by atoms with E-state index in [0.29, 0.717) is 12.1 Å². The van der Waals surface area contributed by atoms with E-state index in [1.165, 1.54) is 6.20 Å². The molecule has 1 aliphatic carbocycles. The van der Waals surface area contributed by atoms with Crippen LogP contribution in [0.15, 0.2) is 41.5 Å². The molecule has 10 heteroatoms. The Morgan fingerprint density at radius 2 is 1.61 bits per heavy atom. The van der Waals surface area contributed by atoms with Crippen LogP contribution in [0.5, 0.6) is 0 Å². The quantitative estimate of drug-likeness (QED) is 0.674. The minimum Gasteiger partial charge on any atom is -0.332 e. The molecular weight excluding hydrogens is 393 g/mol. The lowest BCUT2D eigenvalue weighted by atomic mass is 10.1. The molecule has 2 aromatic rings. The van der Waals surface area contributed by atoms with Gasteiger partial charge in [-0.2, -0.15) is 31.3 Å². The van der Waals surface area contributed by atoms with Gasteiger partial charge in [-0.25, -0.2) is 4.39 Å². The molecule has 3 nitrogen and oxygen atoms in total. The van der Waals surface area contributed by atoms with Crippen molar-refractivity contribution >= 4 is 5.91 Å². The van der Waals surface area contributed by atoms with E-state index in [4.69, 9.17) is 0 Å². The van der Waals surface area contributed by atoms with Crippen LogP contribution in [0.2, 0.25) is 0 Å². The van der Waals surface area contributed by atoms with Gasteiger partial charge in [0.15, 0.2) is 0 Å². The largest absolute Gasteiger partial charge is 0.419 e. The van der Waals surface area contributed by atoms with E-state index >= 15 is 0 Å². The molecular formula is C18H13F7N2O. The Morgan fingerprint density at radius 1 is 1.00 bits per heavy atom. The summed E-state index contributed by atoms with van der Waals surface area (Å²) >= 11 is 0. The van der Waals surface area contributed by atoms with Gasteiger partial charge in [0.1, 0.15) is 11.3 Å². The third-order valence-corrected chi connectivity index (χ3v) is 4.24. The van der Waals surface area contributed by atoms with Crippen molar-refractivity contribution in [3.63, 3.8) is 0 Å². The zero-order chi connectivity index (χ0) is 20.7. The summed E-state index contributed by atoms with van der Waals surface area (Å²) in [5, 5.41) is 0. The molecule has 0 spiro atoms. The highest BCUT2D eigenvalue weighted by atomic mass is 19.4. The summed E-state index contributed by atoms with van der Waals surface area (Å²) in [7, 11) is 0. The first kappa shape index (κ1) is 20.1. The van der Waals surface area contributed by atoms with E-state index in [9.17, 15) is 35.5 Å². The molecule has 0 unspecified atom stereocenters. The van der Waals surface area contributed by atoms with E-state index in [1.807, 2.05) is 0 Å². The number of rotatable bonds is 3. The number of hydrogen-bond acceptors (Lipinski definition) is 1. The maximum Gasteiger partial charge on any atom is 0.419 e. The van der Waals surface area contributed by atoms with E-state index in [0.717, 1.165) is 35.6 Å². The van der Waals surface area contributed by atoms with Crippen molar-refractivity contribution in [2.45, 2.75) is 31.7 Å². The van der Waals surface area contributed by atoms with Gasteiger partial charge in [-0.1, -0.05) is 6.07 Å². The second-order valence-electron chi connectivity index (χ2n) is 6.42. The fraction of sp³-hybridized carbons (Fsp3) is 0.333. The van der Waals surface area contributed by atoms with Crippen LogP contribution in [0.4, 0.5) is 30.7 Å². The number of nitrogens with zero attached hydrogens (tertiary/aromatic N) is 2. The molecule has 0 atom stereocenters. The zero-order valence-corrected chi connectivity index (χ0v) is 14.1. The summed E-state index contributed by atoms with van der Waals surface area (Å²) in [4.78, 5) is 15.6. The number of pyridine rings is 1. The molecule has 1 fully saturated rings. The van der Waals surface area contributed by atoms with Crippen molar-refractivity contribution in [1.82, 2.24) is 4.57 Å². The average molecular weight is 406 g/mol. The van der Waals surface area contributed by atoms with Gasteiger partial charge in [-0.05, 0) is 43.0 Å². The van der Waals surface area contributed by atoms with Crippen LogP contribution < -0.4 is 5.49 Å². The van der Waals surface area contributed by atoms with Gasteiger partial charge < -0.3 is 4.57 Å². The van der Waals surface area contributed by atoms with Crippen LogP contribution in [0, 0.1) is 11.7 Å². The van der Waals surface area contributed by atoms with Crippen molar-refractivity contribution in [3.8, 4) is 0 Å². The lowest BCUT2D eigenvalue weighted by Crippen LogP contribution is -2.31. The van der Waals surface area contributed by atoms with Crippen molar-refractivity contribution in [1.29, 1.82) is 0 Å². The average Bonchev–Trinajstić information content (AvgIpc) is 3.38. The number of aromatic nitrogens is 1. The molecule has 150 valence electrons.